The maximum Gasteiger partial charge on any atom is 0.348 e. The molecule has 4 rings (SSSR count). The van der Waals surface area contributed by atoms with Crippen molar-refractivity contribution in [2.75, 3.05) is 7.05 Å². The van der Waals surface area contributed by atoms with Crippen LogP contribution in [-0.4, -0.2) is 110 Å². The monoisotopic (exact) mass is 651 g/mol. The van der Waals surface area contributed by atoms with Crippen LogP contribution in [-0.2, 0) is 54.8 Å². The second-order valence-electron chi connectivity index (χ2n) is 11.1. The van der Waals surface area contributed by atoms with Gasteiger partial charge in [-0.1, -0.05) is 13.0 Å². The minimum Gasteiger partial charge on any atom is -0.504 e. The quantitative estimate of drug-likeness (QED) is 0.0949. The van der Waals surface area contributed by atoms with Crippen LogP contribution in [0.4, 0.5) is 0 Å². The summed E-state index contributed by atoms with van der Waals surface area (Å²) in [4.78, 5) is 71.7. The van der Waals surface area contributed by atoms with Crippen LogP contribution in [0.2, 0.25) is 0 Å². The molecule has 46 heavy (non-hydrogen) atoms. The highest BCUT2D eigenvalue weighted by atomic mass is 16.6. The summed E-state index contributed by atoms with van der Waals surface area (Å²) in [5.74, 6) is -9.91. The van der Waals surface area contributed by atoms with Crippen LogP contribution in [0.5, 0.6) is 11.5 Å². The number of nitrogens with one attached hydrogen (secondary N) is 1. The number of phenols is 1. The number of hydrogen-bond acceptors (Lipinski definition) is 14. The second kappa shape index (κ2) is 12.9. The number of carboxylic acids is 3. The van der Waals surface area contributed by atoms with Gasteiger partial charge in [-0.3, -0.25) is 14.4 Å². The van der Waals surface area contributed by atoms with E-state index in [1.54, 1.807) is 20.0 Å². The number of phenolic OH excluding ortho intramolecular Hbond substituents is 1. The van der Waals surface area contributed by atoms with E-state index in [0.29, 0.717) is 12.0 Å². The van der Waals surface area contributed by atoms with Crippen LogP contribution in [0.15, 0.2) is 24.0 Å². The van der Waals surface area contributed by atoms with Gasteiger partial charge in [-0.05, 0) is 37.6 Å². The number of aliphatic carboxylic acids is 3. The summed E-state index contributed by atoms with van der Waals surface area (Å²) < 4.78 is 21.2. The van der Waals surface area contributed by atoms with Gasteiger partial charge in [0.2, 0.25) is 12.2 Å². The van der Waals surface area contributed by atoms with Crippen molar-refractivity contribution in [1.29, 1.82) is 0 Å². The summed E-state index contributed by atoms with van der Waals surface area (Å²) in [6.07, 6.45) is -9.31. The third-order valence-corrected chi connectivity index (χ3v) is 8.56. The zero-order valence-electron chi connectivity index (χ0n) is 24.6. The average molecular weight is 652 g/mol. The second-order valence-corrected chi connectivity index (χ2v) is 11.1. The smallest absolute Gasteiger partial charge is 0.348 e. The number of rotatable bonds is 14. The Morgan fingerprint density at radius 3 is 2.28 bits per heavy atom. The van der Waals surface area contributed by atoms with E-state index in [2.05, 4.69) is 10.1 Å². The number of benzene rings is 1. The molecule has 0 fully saturated rings. The van der Waals surface area contributed by atoms with Gasteiger partial charge in [0.1, 0.15) is 5.76 Å². The van der Waals surface area contributed by atoms with Crippen molar-refractivity contribution < 1.29 is 78.4 Å². The van der Waals surface area contributed by atoms with E-state index < -0.39 is 96.6 Å². The molecule has 0 amide bonds. The third kappa shape index (κ3) is 5.95. The van der Waals surface area contributed by atoms with Gasteiger partial charge in [-0.15, -0.1) is 0 Å². The van der Waals surface area contributed by atoms with Crippen molar-refractivity contribution >= 4 is 35.8 Å². The first-order chi connectivity index (χ1) is 21.6. The van der Waals surface area contributed by atoms with E-state index in [0.717, 1.165) is 5.56 Å². The Labute approximate surface area is 260 Å². The number of carboxylic acid groups (broad SMARTS) is 3. The van der Waals surface area contributed by atoms with Gasteiger partial charge in [0, 0.05) is 18.0 Å². The van der Waals surface area contributed by atoms with E-state index in [4.69, 9.17) is 24.4 Å². The predicted octanol–water partition coefficient (Wildman–Crippen LogP) is -0.884. The van der Waals surface area contributed by atoms with Crippen molar-refractivity contribution in [3.8, 4) is 11.5 Å². The lowest BCUT2D eigenvalue weighted by molar-refractivity contribution is -0.182. The van der Waals surface area contributed by atoms with Crippen molar-refractivity contribution in [2.24, 2.45) is 0 Å². The molecule has 0 radical (unpaired) electrons. The SMILES string of the molecule is CC[C@]12c3c4ccc(O)c3O[C@H]1C(OC(=O)C[C@H](OC(=O)C[C@H](O)C(=O)O)C(=O)O[C@@H](CC(=O)O)C(=O)O)=CC[C@@]2(O)[C@H](NC)C4. The maximum atomic E-state index is 13.2. The molecule has 1 aromatic carbocycles. The number of hydrogen-bond donors (Lipinski definition) is 7. The predicted molar refractivity (Wildman–Crippen MR) is 147 cm³/mol. The van der Waals surface area contributed by atoms with Crippen LogP contribution in [0.1, 0.15) is 50.2 Å². The summed E-state index contributed by atoms with van der Waals surface area (Å²) in [6, 6.07) is 2.69. The van der Waals surface area contributed by atoms with Gasteiger partial charge in [0.05, 0.1) is 30.3 Å². The largest absolute Gasteiger partial charge is 0.504 e. The highest BCUT2D eigenvalue weighted by Gasteiger charge is 2.69. The number of aliphatic hydroxyl groups excluding tert-OH is 1. The Morgan fingerprint density at radius 2 is 1.70 bits per heavy atom. The Balaban J connectivity index is 1.61. The molecular weight excluding hydrogens is 618 g/mol. The third-order valence-electron chi connectivity index (χ3n) is 8.56. The fraction of sp³-hybridized carbons (Fsp3) is 0.517. The van der Waals surface area contributed by atoms with E-state index >= 15 is 0 Å². The van der Waals surface area contributed by atoms with Crippen LogP contribution in [0.3, 0.4) is 0 Å². The van der Waals surface area contributed by atoms with Gasteiger partial charge >= 0.3 is 35.8 Å². The Bertz CT molecular complexity index is 1490. The van der Waals surface area contributed by atoms with E-state index in [1.165, 1.54) is 12.1 Å². The molecule has 0 saturated carbocycles. The lowest BCUT2D eigenvalue weighted by Crippen LogP contribution is -2.70. The molecule has 7 atom stereocenters. The lowest BCUT2D eigenvalue weighted by atomic mass is 9.52. The topological polar surface area (TPSA) is 273 Å². The van der Waals surface area contributed by atoms with Crippen molar-refractivity contribution in [3.63, 3.8) is 0 Å². The first-order valence-corrected chi connectivity index (χ1v) is 14.2. The molecule has 0 bridgehead atoms. The number of aromatic hydroxyl groups is 1. The maximum absolute atomic E-state index is 13.2. The molecule has 0 aromatic heterocycles. The van der Waals surface area contributed by atoms with Gasteiger partial charge in [-0.2, -0.15) is 0 Å². The fourth-order valence-electron chi connectivity index (χ4n) is 6.48. The minimum absolute atomic E-state index is 0.0353. The molecule has 2 aliphatic carbocycles. The molecule has 0 spiro atoms. The van der Waals surface area contributed by atoms with Gasteiger partial charge < -0.3 is 54.9 Å². The van der Waals surface area contributed by atoms with Gasteiger partial charge in [0.15, 0.2) is 23.7 Å². The zero-order chi connectivity index (χ0) is 34.1. The van der Waals surface area contributed by atoms with Crippen molar-refractivity contribution in [3.05, 3.63) is 35.1 Å². The summed E-state index contributed by atoms with van der Waals surface area (Å²) in [5.41, 5.74) is -1.33. The highest BCUT2D eigenvalue weighted by Crippen LogP contribution is 2.63. The molecule has 1 heterocycles. The van der Waals surface area contributed by atoms with Gasteiger partial charge in [-0.25, -0.2) is 14.4 Å². The zero-order valence-corrected chi connectivity index (χ0v) is 24.6. The van der Waals surface area contributed by atoms with Crippen LogP contribution in [0.25, 0.3) is 0 Å². The summed E-state index contributed by atoms with van der Waals surface area (Å²) in [6.45, 7) is 1.79. The lowest BCUT2D eigenvalue weighted by Gasteiger charge is -2.56. The molecule has 3 aliphatic rings. The average Bonchev–Trinajstić information content (AvgIpc) is 3.36. The summed E-state index contributed by atoms with van der Waals surface area (Å²) in [5, 5.41) is 62.4. The Hall–Kier alpha value is -4.74. The molecule has 17 heteroatoms. The van der Waals surface area contributed by atoms with Crippen LogP contribution < -0.4 is 10.1 Å². The minimum atomic E-state index is -2.25. The van der Waals surface area contributed by atoms with Crippen LogP contribution in [0, 0.1) is 0 Å². The number of carbonyl (C=O) groups excluding carboxylic acids is 3. The number of likely N-dealkylation sites (N-methyl/N-ethyl adjacent to an activating group) is 1. The Kier molecular flexibility index (Phi) is 9.60. The fourth-order valence-corrected chi connectivity index (χ4v) is 6.48. The molecule has 0 unspecified atom stereocenters. The van der Waals surface area contributed by atoms with E-state index in [-0.39, 0.29) is 30.1 Å². The Morgan fingerprint density at radius 1 is 1.00 bits per heavy atom. The number of esters is 3. The molecule has 0 saturated heterocycles. The van der Waals surface area contributed by atoms with Crippen LogP contribution >= 0.6 is 0 Å². The summed E-state index contributed by atoms with van der Waals surface area (Å²) >= 11 is 0. The molecule has 1 aliphatic heterocycles. The van der Waals surface area contributed by atoms with Gasteiger partial charge in [0.25, 0.3) is 0 Å². The van der Waals surface area contributed by atoms with Crippen molar-refractivity contribution in [1.82, 2.24) is 5.32 Å². The first kappa shape index (κ1) is 34.1. The number of ether oxygens (including phenoxy) is 4. The van der Waals surface area contributed by atoms with E-state index in [9.17, 15) is 49.2 Å². The molecular formula is C29H33NO16. The number of aliphatic hydroxyl groups is 2. The standard InChI is InChI=1S/C29H33NO16/c1-3-28-22-12-4-5-13(31)23(22)46-24(28)15(6-7-29(28,42)18(8-12)30-2)43-21(36)11-17(44-20(35)9-14(32)25(37)38)27(41)45-16(26(39)40)10-19(33)34/h4-6,14,16-18,24,30-32,42H,3,7-11H2,1-2H3,(H,33,34)(H,37,38)(H,39,40)/t14-,16-,17-,18+,24-,28-,29+/m0/s1. The van der Waals surface area contributed by atoms with Crippen molar-refractivity contribution in [2.45, 2.75) is 86.9 Å². The molecule has 1 aromatic rings. The molecule has 17 nitrogen and oxygen atoms in total. The molecule has 250 valence electrons. The summed E-state index contributed by atoms with van der Waals surface area (Å²) in [7, 11) is 1.68. The number of carbonyl (C=O) groups is 6. The highest BCUT2D eigenvalue weighted by molar-refractivity contribution is 5.88. The van der Waals surface area contributed by atoms with E-state index in [1.807, 2.05) is 0 Å². The first-order valence-electron chi connectivity index (χ1n) is 14.2. The molecule has 7 N–H and O–H groups in total. The normalized spacial score (nSPS) is 25.9.